The highest BCUT2D eigenvalue weighted by Crippen LogP contribution is 2.48. The Labute approximate surface area is 141 Å². The van der Waals surface area contributed by atoms with Crippen LogP contribution in [-0.2, 0) is 5.54 Å². The Bertz CT molecular complexity index is 661. The molecule has 0 radical (unpaired) electrons. The number of hydrogen-bond donors (Lipinski definition) is 1. The lowest BCUT2D eigenvalue weighted by Gasteiger charge is -2.50. The molecule has 1 heterocycles. The predicted molar refractivity (Wildman–Crippen MR) is 97.7 cm³/mol. The van der Waals surface area contributed by atoms with Gasteiger partial charge in [-0.1, -0.05) is 48.9 Å². The largest absolute Gasteiger partial charge is 0.361 e. The number of benzene rings is 2. The van der Waals surface area contributed by atoms with Crippen LogP contribution in [0.2, 0.25) is 5.02 Å². The highest BCUT2D eigenvalue weighted by Gasteiger charge is 2.44. The van der Waals surface area contributed by atoms with E-state index in [1.165, 1.54) is 16.8 Å². The van der Waals surface area contributed by atoms with Crippen LogP contribution in [0.1, 0.15) is 24.5 Å². The van der Waals surface area contributed by atoms with Crippen molar-refractivity contribution in [1.82, 2.24) is 4.90 Å². The van der Waals surface area contributed by atoms with Crippen LogP contribution in [0.25, 0.3) is 0 Å². The summed E-state index contributed by atoms with van der Waals surface area (Å²) in [7, 11) is 2.19. The van der Waals surface area contributed by atoms with E-state index in [1.54, 1.807) is 0 Å². The van der Waals surface area contributed by atoms with Gasteiger partial charge in [-0.25, -0.2) is 0 Å². The quantitative estimate of drug-likeness (QED) is 0.851. The van der Waals surface area contributed by atoms with Crippen LogP contribution in [0.15, 0.2) is 48.5 Å². The second-order valence-corrected chi connectivity index (χ2v) is 6.97. The molecule has 0 saturated carbocycles. The second-order valence-electron chi connectivity index (χ2n) is 5.61. The van der Waals surface area contributed by atoms with Gasteiger partial charge in [0.2, 0.25) is 0 Å². The van der Waals surface area contributed by atoms with E-state index in [1.807, 2.05) is 17.8 Å². The van der Waals surface area contributed by atoms with Gasteiger partial charge in [-0.15, -0.1) is 11.8 Å². The van der Waals surface area contributed by atoms with Crippen LogP contribution in [0.4, 0.5) is 5.69 Å². The van der Waals surface area contributed by atoms with Gasteiger partial charge in [-0.3, -0.25) is 4.90 Å². The molecule has 1 aliphatic heterocycles. The third-order valence-corrected chi connectivity index (χ3v) is 5.76. The molecule has 1 N–H and O–H groups in total. The smallest absolute Gasteiger partial charge is 0.128 e. The van der Waals surface area contributed by atoms with Crippen molar-refractivity contribution in [3.05, 3.63) is 64.7 Å². The maximum Gasteiger partial charge on any atom is 0.128 e. The zero-order valence-electron chi connectivity index (χ0n) is 13.1. The molecule has 0 amide bonds. The monoisotopic (exact) mass is 332 g/mol. The number of hydrogen-bond acceptors (Lipinski definition) is 3. The first-order valence-electron chi connectivity index (χ1n) is 7.51. The average Bonchev–Trinajstić information content (AvgIpc) is 2.56. The summed E-state index contributed by atoms with van der Waals surface area (Å²) in [5.74, 6) is 0. The first-order valence-corrected chi connectivity index (χ1v) is 9.18. The van der Waals surface area contributed by atoms with Crippen LogP contribution >= 0.6 is 23.4 Å². The van der Waals surface area contributed by atoms with Crippen molar-refractivity contribution in [3.8, 4) is 0 Å². The van der Waals surface area contributed by atoms with Crippen LogP contribution in [0.3, 0.4) is 0 Å². The number of rotatable bonds is 3. The number of fused-ring (bicyclic) bond motifs is 1. The summed E-state index contributed by atoms with van der Waals surface area (Å²) >= 11 is 8.13. The Kier molecular flexibility index (Phi) is 4.40. The lowest BCUT2D eigenvalue weighted by molar-refractivity contribution is 0.141. The summed E-state index contributed by atoms with van der Waals surface area (Å²) in [5, 5.41) is 4.40. The first-order chi connectivity index (χ1) is 10.6. The van der Waals surface area contributed by atoms with Crippen LogP contribution in [-0.4, -0.2) is 23.7 Å². The molecule has 2 nitrogen and oxygen atoms in total. The summed E-state index contributed by atoms with van der Waals surface area (Å²) in [4.78, 5) is 2.42. The Balaban J connectivity index is 2.28. The predicted octanol–water partition coefficient (Wildman–Crippen LogP) is 5.00. The molecule has 0 aromatic heterocycles. The van der Waals surface area contributed by atoms with Gasteiger partial charge in [-0.05, 0) is 43.5 Å². The minimum absolute atomic E-state index is 0.166. The molecule has 22 heavy (non-hydrogen) atoms. The molecule has 116 valence electrons. The van der Waals surface area contributed by atoms with Gasteiger partial charge in [-0.2, -0.15) is 0 Å². The number of anilines is 1. The number of thioether (sulfide) groups is 1. The second kappa shape index (κ2) is 6.15. The van der Waals surface area contributed by atoms with Crippen molar-refractivity contribution >= 4 is 29.1 Å². The molecule has 3 rings (SSSR count). The molecule has 2 atom stereocenters. The van der Waals surface area contributed by atoms with Crippen molar-refractivity contribution in [2.45, 2.75) is 24.4 Å². The maximum absolute atomic E-state index is 6.31. The minimum atomic E-state index is -0.166. The van der Waals surface area contributed by atoms with E-state index >= 15 is 0 Å². The number of nitrogens with zero attached hydrogens (tertiary/aromatic N) is 1. The summed E-state index contributed by atoms with van der Waals surface area (Å²) in [5.41, 5.74) is 3.80. The van der Waals surface area contributed by atoms with Crippen LogP contribution in [0, 0.1) is 0 Å². The Morgan fingerprint density at radius 2 is 1.95 bits per heavy atom. The fraction of sp³-hybridized carbons (Fsp3) is 0.333. The van der Waals surface area contributed by atoms with Crippen molar-refractivity contribution in [3.63, 3.8) is 0 Å². The first kappa shape index (κ1) is 15.7. The van der Waals surface area contributed by atoms with E-state index in [2.05, 4.69) is 72.9 Å². The fourth-order valence-electron chi connectivity index (χ4n) is 3.54. The fourth-order valence-corrected chi connectivity index (χ4v) is 4.45. The molecule has 2 aromatic carbocycles. The molecule has 2 unspecified atom stereocenters. The van der Waals surface area contributed by atoms with E-state index in [0.29, 0.717) is 0 Å². The van der Waals surface area contributed by atoms with E-state index in [9.17, 15) is 0 Å². The molecular formula is C18H21ClN2S. The zero-order valence-corrected chi connectivity index (χ0v) is 14.7. The van der Waals surface area contributed by atoms with Gasteiger partial charge in [0, 0.05) is 16.3 Å². The van der Waals surface area contributed by atoms with Gasteiger partial charge in [0.05, 0.1) is 5.54 Å². The summed E-state index contributed by atoms with van der Waals surface area (Å²) in [6.07, 6.45) is 3.13. The minimum Gasteiger partial charge on any atom is -0.361 e. The standard InChI is InChI=1S/C18H21ClN2S/c1-4-18(13-8-6-5-7-9-13)15-12-14(19)10-11-16(15)20-17(22-3)21(18)2/h5-12,17,20H,4H2,1-3H3. The van der Waals surface area contributed by atoms with E-state index in [0.717, 1.165) is 11.4 Å². The van der Waals surface area contributed by atoms with Gasteiger partial charge < -0.3 is 5.32 Å². The van der Waals surface area contributed by atoms with Crippen molar-refractivity contribution < 1.29 is 0 Å². The third-order valence-electron chi connectivity index (χ3n) is 4.65. The zero-order chi connectivity index (χ0) is 15.7. The molecule has 0 fully saturated rings. The van der Waals surface area contributed by atoms with Gasteiger partial charge in [0.25, 0.3) is 0 Å². The Morgan fingerprint density at radius 1 is 1.23 bits per heavy atom. The Hall–Kier alpha value is -1.16. The molecule has 0 spiro atoms. The van der Waals surface area contributed by atoms with Gasteiger partial charge in [0.1, 0.15) is 5.50 Å². The summed E-state index contributed by atoms with van der Waals surface area (Å²) < 4.78 is 0. The molecule has 0 aliphatic carbocycles. The normalized spacial score (nSPS) is 24.6. The topological polar surface area (TPSA) is 15.3 Å². The average molecular weight is 333 g/mol. The van der Waals surface area contributed by atoms with Gasteiger partial charge >= 0.3 is 0 Å². The molecule has 0 bridgehead atoms. The summed E-state index contributed by atoms with van der Waals surface area (Å²) in [6.45, 7) is 2.25. The summed E-state index contributed by atoms with van der Waals surface area (Å²) in [6, 6.07) is 16.9. The Morgan fingerprint density at radius 3 is 2.59 bits per heavy atom. The molecule has 0 saturated heterocycles. The van der Waals surface area contributed by atoms with Crippen LogP contribution < -0.4 is 5.32 Å². The highest BCUT2D eigenvalue weighted by molar-refractivity contribution is 7.99. The number of nitrogens with one attached hydrogen (secondary N) is 1. The van der Waals surface area contributed by atoms with Crippen molar-refractivity contribution in [1.29, 1.82) is 0 Å². The van der Waals surface area contributed by atoms with Gasteiger partial charge in [0.15, 0.2) is 0 Å². The lowest BCUT2D eigenvalue weighted by Crippen LogP contribution is -2.54. The molecule has 1 aliphatic rings. The SMILES string of the molecule is CCC1(c2ccccc2)c2cc(Cl)ccc2NC(SC)N1C. The number of halogens is 1. The van der Waals surface area contributed by atoms with E-state index < -0.39 is 0 Å². The highest BCUT2D eigenvalue weighted by atomic mass is 35.5. The lowest BCUT2D eigenvalue weighted by atomic mass is 9.77. The van der Waals surface area contributed by atoms with Crippen LogP contribution in [0.5, 0.6) is 0 Å². The van der Waals surface area contributed by atoms with Crippen molar-refractivity contribution in [2.75, 3.05) is 18.6 Å². The molecule has 2 aromatic rings. The van der Waals surface area contributed by atoms with E-state index in [4.69, 9.17) is 11.6 Å². The third kappa shape index (κ3) is 2.32. The molecule has 4 heteroatoms. The maximum atomic E-state index is 6.31. The van der Waals surface area contributed by atoms with Crippen molar-refractivity contribution in [2.24, 2.45) is 0 Å². The van der Waals surface area contributed by atoms with E-state index in [-0.39, 0.29) is 11.0 Å². The molecular weight excluding hydrogens is 312 g/mol.